The van der Waals surface area contributed by atoms with Crippen LogP contribution in [0.25, 0.3) is 0 Å². The van der Waals surface area contributed by atoms with E-state index >= 15 is 0 Å². The molecule has 1 aromatic carbocycles. The number of nitrogens with two attached hydrogens (primary N) is 2. The molecule has 8 N–H and O–H groups in total. The summed E-state index contributed by atoms with van der Waals surface area (Å²) >= 11 is 1.00. The summed E-state index contributed by atoms with van der Waals surface area (Å²) < 4.78 is 0.500. The van der Waals surface area contributed by atoms with E-state index in [-0.39, 0.29) is 29.8 Å². The average Bonchev–Trinajstić information content (AvgIpc) is 2.72. The van der Waals surface area contributed by atoms with E-state index in [9.17, 15) is 28.9 Å². The van der Waals surface area contributed by atoms with Gasteiger partial charge >= 0.3 is 11.9 Å². The molecule has 13 nitrogen and oxygen atoms in total. The molecule has 0 aliphatic rings. The molecule has 0 heterocycles. The fourth-order valence-electron chi connectivity index (χ4n) is 2.36. The Balaban J connectivity index is 2.96. The zero-order chi connectivity index (χ0) is 24.4. The topological polar surface area (TPSA) is 222 Å². The van der Waals surface area contributed by atoms with Crippen LogP contribution in [0.5, 0.6) is 0 Å². The molecule has 1 rings (SSSR count). The van der Waals surface area contributed by atoms with Gasteiger partial charge in [-0.1, -0.05) is 0 Å². The van der Waals surface area contributed by atoms with Crippen LogP contribution in [0.1, 0.15) is 23.2 Å². The Morgan fingerprint density at radius 2 is 1.84 bits per heavy atom. The standard InChI is InChI=1S/C18H23N5O8S/c1-23(31)12-6-9(16(20)27)2-4-13(12)32-8-11(17(28)21-7-15(25)26)22-14(24)5-3-10(19)18(29)30/h2,4,6,10-11H,3,5,7-8,19H2,1H3,(H5-,20,21,22,24,25,26,27,28,29,30)/p+1. The van der Waals surface area contributed by atoms with Gasteiger partial charge in [-0.15, -0.1) is 11.8 Å². The number of nitrogens with one attached hydrogen (secondary N) is 2. The summed E-state index contributed by atoms with van der Waals surface area (Å²) in [6.45, 7) is -0.679. The van der Waals surface area contributed by atoms with Crippen LogP contribution in [-0.2, 0) is 19.2 Å². The normalized spacial score (nSPS) is 12.3. The number of rotatable bonds is 13. The molecule has 0 fully saturated rings. The van der Waals surface area contributed by atoms with E-state index in [1.807, 2.05) is 0 Å². The lowest BCUT2D eigenvalue weighted by atomic mass is 10.1. The fourth-order valence-corrected chi connectivity index (χ4v) is 3.44. The zero-order valence-electron chi connectivity index (χ0n) is 17.1. The van der Waals surface area contributed by atoms with Gasteiger partial charge in [0.05, 0.1) is 4.90 Å². The van der Waals surface area contributed by atoms with Crippen LogP contribution in [-0.4, -0.2) is 76.1 Å². The SMILES string of the molecule is C[N+](=O)c1cc(C(N)=O)ccc1SCC(NC(=O)CCC(N)C(=O)O)C(=O)NCC(=O)O. The lowest BCUT2D eigenvalue weighted by Gasteiger charge is -2.18. The molecule has 1 aromatic rings. The van der Waals surface area contributed by atoms with Crippen molar-refractivity contribution >= 4 is 47.1 Å². The maximum atomic E-state index is 12.4. The smallest absolute Gasteiger partial charge is 0.322 e. The summed E-state index contributed by atoms with van der Waals surface area (Å²) in [4.78, 5) is 69.6. The van der Waals surface area contributed by atoms with E-state index in [2.05, 4.69) is 10.6 Å². The zero-order valence-corrected chi connectivity index (χ0v) is 17.9. The highest BCUT2D eigenvalue weighted by Crippen LogP contribution is 2.30. The third-order valence-corrected chi connectivity index (χ3v) is 5.21. The third-order valence-electron chi connectivity index (χ3n) is 4.05. The first-order chi connectivity index (χ1) is 14.9. The Morgan fingerprint density at radius 1 is 1.19 bits per heavy atom. The van der Waals surface area contributed by atoms with Gasteiger partial charge in [-0.2, -0.15) is 0 Å². The fraction of sp³-hybridized carbons (Fsp3) is 0.389. The minimum Gasteiger partial charge on any atom is -0.480 e. The molecular weight excluding hydrogens is 446 g/mol. The summed E-state index contributed by atoms with van der Waals surface area (Å²) in [6, 6.07) is 1.67. The molecule has 2 unspecified atom stereocenters. The average molecular weight is 470 g/mol. The molecule has 0 saturated carbocycles. The second-order valence-electron chi connectivity index (χ2n) is 6.57. The van der Waals surface area contributed by atoms with E-state index in [4.69, 9.17) is 21.7 Å². The van der Waals surface area contributed by atoms with Crippen molar-refractivity contribution in [3.63, 3.8) is 0 Å². The van der Waals surface area contributed by atoms with Gasteiger partial charge in [0.25, 0.3) is 5.69 Å². The van der Waals surface area contributed by atoms with Crippen LogP contribution < -0.4 is 22.1 Å². The number of hydrogen-bond donors (Lipinski definition) is 6. The van der Waals surface area contributed by atoms with Crippen molar-refractivity contribution in [3.05, 3.63) is 28.7 Å². The first-order valence-electron chi connectivity index (χ1n) is 9.17. The molecule has 2 atom stereocenters. The van der Waals surface area contributed by atoms with Gasteiger partial charge in [0.1, 0.15) is 18.6 Å². The number of nitroso groups, excluding NO2 is 1. The van der Waals surface area contributed by atoms with Crippen molar-refractivity contribution in [2.75, 3.05) is 19.3 Å². The molecular formula is C18H24N5O8S+. The number of carboxylic acids is 2. The number of nitrogens with zero attached hydrogens (tertiary/aromatic N) is 1. The molecule has 0 bridgehead atoms. The molecule has 0 spiro atoms. The highest BCUT2D eigenvalue weighted by molar-refractivity contribution is 7.99. The van der Waals surface area contributed by atoms with E-state index in [0.29, 0.717) is 9.66 Å². The number of carboxylic acid groups (broad SMARTS) is 2. The molecule has 0 aromatic heterocycles. The minimum absolute atomic E-state index is 0.0983. The number of thioether (sulfide) groups is 1. The Labute approximate surface area is 186 Å². The maximum absolute atomic E-state index is 12.4. The van der Waals surface area contributed by atoms with Crippen molar-refractivity contribution < 1.29 is 38.9 Å². The quantitative estimate of drug-likeness (QED) is 0.149. The summed E-state index contributed by atoms with van der Waals surface area (Å²) in [5.74, 6) is -4.86. The van der Waals surface area contributed by atoms with Crippen LogP contribution in [0.15, 0.2) is 23.1 Å². The number of primary amides is 1. The van der Waals surface area contributed by atoms with Crippen molar-refractivity contribution in [2.24, 2.45) is 11.5 Å². The minimum atomic E-state index is -1.29. The van der Waals surface area contributed by atoms with Crippen LogP contribution in [0, 0.1) is 4.91 Å². The molecule has 14 heteroatoms. The van der Waals surface area contributed by atoms with Gasteiger partial charge in [0.15, 0.2) is 7.05 Å². The Hall–Kier alpha value is -3.52. The Morgan fingerprint density at radius 3 is 2.38 bits per heavy atom. The molecule has 0 radical (unpaired) electrons. The highest BCUT2D eigenvalue weighted by atomic mass is 32.2. The van der Waals surface area contributed by atoms with E-state index in [1.165, 1.54) is 25.2 Å². The first-order valence-corrected chi connectivity index (χ1v) is 10.2. The Bertz CT molecular complexity index is 923. The molecule has 0 aliphatic carbocycles. The summed E-state index contributed by atoms with van der Waals surface area (Å²) in [7, 11) is 1.20. The van der Waals surface area contributed by atoms with Crippen molar-refractivity contribution in [2.45, 2.75) is 29.8 Å². The summed E-state index contributed by atoms with van der Waals surface area (Å²) in [5, 5.41) is 22.1. The maximum Gasteiger partial charge on any atom is 0.322 e. The van der Waals surface area contributed by atoms with Gasteiger partial charge in [-0.3, -0.25) is 24.0 Å². The lowest BCUT2D eigenvalue weighted by Crippen LogP contribution is -2.49. The number of carbonyl (C=O) groups excluding carboxylic acids is 3. The highest BCUT2D eigenvalue weighted by Gasteiger charge is 2.25. The van der Waals surface area contributed by atoms with Gasteiger partial charge < -0.3 is 32.3 Å². The predicted molar refractivity (Wildman–Crippen MR) is 112 cm³/mol. The van der Waals surface area contributed by atoms with Crippen molar-refractivity contribution in [1.82, 2.24) is 10.6 Å². The van der Waals surface area contributed by atoms with Gasteiger partial charge in [0.2, 0.25) is 17.7 Å². The van der Waals surface area contributed by atoms with E-state index in [0.717, 1.165) is 11.8 Å². The van der Waals surface area contributed by atoms with Gasteiger partial charge in [0, 0.05) is 33.5 Å². The molecule has 32 heavy (non-hydrogen) atoms. The monoisotopic (exact) mass is 470 g/mol. The van der Waals surface area contributed by atoms with Crippen LogP contribution in [0.2, 0.25) is 0 Å². The first kappa shape index (κ1) is 26.5. The van der Waals surface area contributed by atoms with Crippen LogP contribution in [0.3, 0.4) is 0 Å². The van der Waals surface area contributed by atoms with E-state index < -0.39 is 48.3 Å². The third kappa shape index (κ3) is 8.69. The number of hydrogen-bond acceptors (Lipinski definition) is 8. The predicted octanol–water partition coefficient (Wildman–Crippen LogP) is -1.20. The second-order valence-corrected chi connectivity index (χ2v) is 7.63. The Kier molecular flexibility index (Phi) is 10.2. The van der Waals surface area contributed by atoms with Gasteiger partial charge in [-0.05, 0) is 18.6 Å². The van der Waals surface area contributed by atoms with Crippen molar-refractivity contribution in [3.8, 4) is 0 Å². The molecule has 3 amide bonds. The van der Waals surface area contributed by atoms with E-state index in [1.54, 1.807) is 0 Å². The lowest BCUT2D eigenvalue weighted by molar-refractivity contribution is -0.431. The number of aliphatic carboxylic acids is 2. The van der Waals surface area contributed by atoms with Crippen LogP contribution in [0.4, 0.5) is 5.69 Å². The molecule has 0 saturated heterocycles. The largest absolute Gasteiger partial charge is 0.480 e. The van der Waals surface area contributed by atoms with Gasteiger partial charge in [-0.25, -0.2) is 0 Å². The van der Waals surface area contributed by atoms with Crippen molar-refractivity contribution in [1.29, 1.82) is 0 Å². The molecule has 174 valence electrons. The summed E-state index contributed by atoms with van der Waals surface area (Å²) in [6.07, 6.45) is -0.444. The number of carbonyl (C=O) groups is 5. The molecule has 0 aliphatic heterocycles. The number of benzene rings is 1. The second kappa shape index (κ2) is 12.4. The summed E-state index contributed by atoms with van der Waals surface area (Å²) in [5.41, 5.74) is 10.8. The number of amides is 3. The van der Waals surface area contributed by atoms with Crippen LogP contribution >= 0.6 is 11.8 Å².